The van der Waals surface area contributed by atoms with Gasteiger partial charge in [-0.05, 0) is 163 Å². The van der Waals surface area contributed by atoms with Crippen LogP contribution in [0.25, 0.3) is 0 Å². The van der Waals surface area contributed by atoms with Crippen molar-refractivity contribution in [2.24, 2.45) is 0 Å². The van der Waals surface area contributed by atoms with Crippen LogP contribution in [-0.2, 0) is 19.9 Å². The number of benzene rings is 5. The van der Waals surface area contributed by atoms with Crippen LogP contribution in [0.1, 0.15) is 43.0 Å². The minimum atomic E-state index is -4.58. The zero-order chi connectivity index (χ0) is 35.6. The Morgan fingerprint density at radius 3 is 1.78 bits per heavy atom. The van der Waals surface area contributed by atoms with Gasteiger partial charge in [0.25, 0.3) is 10.1 Å². The summed E-state index contributed by atoms with van der Waals surface area (Å²) >= 11 is 27.9. The van der Waals surface area contributed by atoms with Gasteiger partial charge in [-0.2, -0.15) is 8.42 Å². The second-order valence-corrected chi connectivity index (χ2v) is 18.4. The maximum absolute atomic E-state index is 14.7. The van der Waals surface area contributed by atoms with E-state index >= 15 is 0 Å². The highest BCUT2D eigenvalue weighted by Crippen LogP contribution is 2.61. The lowest BCUT2D eigenvalue weighted by molar-refractivity contribution is 0.0731. The van der Waals surface area contributed by atoms with Crippen LogP contribution in [0.15, 0.2) is 120 Å². The molecule has 0 amide bonds. The molecule has 0 saturated heterocycles. The van der Waals surface area contributed by atoms with Crippen molar-refractivity contribution in [2.75, 3.05) is 0 Å². The molecule has 16 heteroatoms. The molecule has 0 saturated carbocycles. The average Bonchev–Trinajstić information content (AvgIpc) is 3.35. The van der Waals surface area contributed by atoms with E-state index in [2.05, 4.69) is 127 Å². The molecule has 6 rings (SSSR count). The molecule has 7 nitrogen and oxygen atoms in total. The molecule has 0 radical (unpaired) electrons. The van der Waals surface area contributed by atoms with Crippen molar-refractivity contribution in [3.8, 4) is 11.5 Å². The third-order valence-electron chi connectivity index (χ3n) is 7.51. The maximum Gasteiger partial charge on any atom is 0.343 e. The summed E-state index contributed by atoms with van der Waals surface area (Å²) < 4.78 is 42.5. The summed E-state index contributed by atoms with van der Waals surface area (Å²) in [5.41, 5.74) is -1.24. The Morgan fingerprint density at radius 2 is 1.20 bits per heavy atom. The zero-order valence-electron chi connectivity index (χ0n) is 23.8. The summed E-state index contributed by atoms with van der Waals surface area (Å²) in [6.45, 7) is 0. The molecule has 1 atom stereocenters. The highest BCUT2D eigenvalue weighted by atomic mass is 79.9. The molecular weight excluding hydrogens is 1180 g/mol. The van der Waals surface area contributed by atoms with E-state index in [1.54, 1.807) is 60.7 Å². The molecule has 1 unspecified atom stereocenters. The molecule has 49 heavy (non-hydrogen) atoms. The molecule has 250 valence electrons. The Labute approximate surface area is 347 Å². The van der Waals surface area contributed by atoms with E-state index in [1.807, 2.05) is 0 Å². The molecule has 5 aromatic carbocycles. The van der Waals surface area contributed by atoms with Crippen molar-refractivity contribution >= 4 is 149 Å². The number of halogens is 8. The van der Waals surface area contributed by atoms with Crippen LogP contribution < -0.4 is 4.74 Å². The summed E-state index contributed by atoms with van der Waals surface area (Å²) in [4.78, 5) is 27.8. The summed E-state index contributed by atoms with van der Waals surface area (Å²) in [5, 5.41) is 10.7. The van der Waals surface area contributed by atoms with Crippen LogP contribution in [0, 0.1) is 0 Å². The molecular formula is C33H14Br8O7S. The molecule has 0 aromatic heterocycles. The van der Waals surface area contributed by atoms with Crippen molar-refractivity contribution in [1.29, 1.82) is 0 Å². The highest BCUT2D eigenvalue weighted by Gasteiger charge is 2.56. The van der Waals surface area contributed by atoms with Crippen LogP contribution in [-0.4, -0.2) is 25.3 Å². The Morgan fingerprint density at radius 1 is 0.673 bits per heavy atom. The van der Waals surface area contributed by atoms with Crippen LogP contribution in [0.3, 0.4) is 0 Å². The van der Waals surface area contributed by atoms with Gasteiger partial charge in [-0.1, -0.05) is 48.5 Å². The second-order valence-electron chi connectivity index (χ2n) is 10.3. The monoisotopic (exact) mass is 1190 g/mol. The second kappa shape index (κ2) is 14.3. The largest absolute Gasteiger partial charge is 0.506 e. The minimum absolute atomic E-state index is 0.0292. The number of hydrogen-bond donors (Lipinski definition) is 1. The summed E-state index contributed by atoms with van der Waals surface area (Å²) in [5.74, 6) is -1.41. The van der Waals surface area contributed by atoms with Gasteiger partial charge in [0, 0.05) is 35.7 Å². The number of phenols is 1. The molecule has 1 heterocycles. The third kappa shape index (κ3) is 6.43. The Kier molecular flexibility index (Phi) is 11.0. The van der Waals surface area contributed by atoms with E-state index in [9.17, 15) is 23.1 Å². The Balaban J connectivity index is 1.79. The standard InChI is InChI=1S/C33H14Br8O7S/c34-18-11-16(12-19(35)29(18)43)33(22-24(38)25(39)26(40)27(41)31(22)49(45,46)48-33)17-13-20(36)30(47-32(44)15-9-5-2-6-10-15)23(37)21(17)28(42)14-7-3-1-4-8-14/h1-13,43H. The lowest BCUT2D eigenvalue weighted by Gasteiger charge is -2.33. The minimum Gasteiger partial charge on any atom is -0.506 e. The fourth-order valence-corrected chi connectivity index (χ4v) is 12.8. The fraction of sp³-hybridized carbons (Fsp3) is 0.0303. The molecule has 0 spiro atoms. The van der Waals surface area contributed by atoms with Crippen molar-refractivity contribution in [1.82, 2.24) is 0 Å². The molecule has 0 fully saturated rings. The van der Waals surface area contributed by atoms with Crippen molar-refractivity contribution in [3.05, 3.63) is 148 Å². The number of hydrogen-bond acceptors (Lipinski definition) is 7. The van der Waals surface area contributed by atoms with Gasteiger partial charge in [0.1, 0.15) is 10.6 Å². The van der Waals surface area contributed by atoms with Crippen LogP contribution >= 0.6 is 127 Å². The number of ketones is 1. The highest BCUT2D eigenvalue weighted by molar-refractivity contribution is 9.15. The van der Waals surface area contributed by atoms with Crippen molar-refractivity contribution in [3.63, 3.8) is 0 Å². The quantitative estimate of drug-likeness (QED) is 0.0451. The van der Waals surface area contributed by atoms with Gasteiger partial charge in [-0.15, -0.1) is 0 Å². The Bertz CT molecular complexity index is 2310. The maximum atomic E-state index is 14.7. The fourth-order valence-electron chi connectivity index (χ4n) is 5.36. The van der Waals surface area contributed by atoms with Gasteiger partial charge in [0.2, 0.25) is 0 Å². The lowest BCUT2D eigenvalue weighted by atomic mass is 9.77. The molecule has 1 aliphatic heterocycles. The third-order valence-corrected chi connectivity index (χ3v) is 16.5. The first-order valence-corrected chi connectivity index (χ1v) is 21.3. The Hall–Kier alpha value is -1.21. The number of rotatable bonds is 6. The number of fused-ring (bicyclic) bond motifs is 1. The lowest BCUT2D eigenvalue weighted by Crippen LogP contribution is -2.33. The molecule has 1 N–H and O–H groups in total. The first kappa shape index (κ1) is 37.5. The molecule has 5 aromatic rings. The SMILES string of the molecule is O=C(Oc1c(Br)cc(C2(c3cc(Br)c(O)c(Br)c3)OS(=O)(=O)c3c(Br)c(Br)c(Br)c(Br)c32)c(C(=O)c2ccccc2)c1Br)c1ccccc1. The van der Waals surface area contributed by atoms with Crippen LogP contribution in [0.2, 0.25) is 0 Å². The number of carbonyl (C=O) groups excluding carboxylic acids is 2. The molecule has 0 aliphatic carbocycles. The predicted octanol–water partition coefficient (Wildman–Crippen LogP) is 12.0. The number of ether oxygens (including phenoxy) is 1. The van der Waals surface area contributed by atoms with Crippen molar-refractivity contribution in [2.45, 2.75) is 10.5 Å². The molecule has 0 bridgehead atoms. The van der Waals surface area contributed by atoms with Crippen molar-refractivity contribution < 1.29 is 32.0 Å². The molecule has 1 aliphatic rings. The number of phenolic OH excluding ortho intramolecular Hbond substituents is 1. The van der Waals surface area contributed by atoms with E-state index < -0.39 is 27.5 Å². The van der Waals surface area contributed by atoms with Gasteiger partial charge < -0.3 is 9.84 Å². The number of esters is 1. The number of carbonyl (C=O) groups is 2. The van der Waals surface area contributed by atoms with E-state index in [-0.39, 0.29) is 72.1 Å². The van der Waals surface area contributed by atoms with Gasteiger partial charge in [-0.3, -0.25) is 4.79 Å². The number of aromatic hydroxyl groups is 1. The average molecular weight is 1190 g/mol. The summed E-state index contributed by atoms with van der Waals surface area (Å²) in [6, 6.07) is 21.1. The smallest absolute Gasteiger partial charge is 0.343 e. The summed E-state index contributed by atoms with van der Waals surface area (Å²) in [6.07, 6.45) is 0. The normalized spacial score (nSPS) is 16.3. The zero-order valence-corrected chi connectivity index (χ0v) is 37.3. The van der Waals surface area contributed by atoms with E-state index in [0.717, 1.165) is 0 Å². The van der Waals surface area contributed by atoms with E-state index in [0.29, 0.717) is 13.4 Å². The first-order valence-electron chi connectivity index (χ1n) is 13.5. The van der Waals surface area contributed by atoms with Crippen LogP contribution in [0.4, 0.5) is 0 Å². The van der Waals surface area contributed by atoms with Gasteiger partial charge in [-0.25, -0.2) is 8.98 Å². The first-order chi connectivity index (χ1) is 23.1. The predicted molar refractivity (Wildman–Crippen MR) is 212 cm³/mol. The topological polar surface area (TPSA) is 107 Å². The van der Waals surface area contributed by atoms with E-state index in [1.165, 1.54) is 18.2 Å². The van der Waals surface area contributed by atoms with Gasteiger partial charge in [0.05, 0.1) is 27.9 Å². The van der Waals surface area contributed by atoms with E-state index in [4.69, 9.17) is 8.92 Å². The van der Waals surface area contributed by atoms with Gasteiger partial charge in [0.15, 0.2) is 17.1 Å². The van der Waals surface area contributed by atoms with Crippen LogP contribution in [0.5, 0.6) is 11.5 Å². The van der Waals surface area contributed by atoms with Gasteiger partial charge >= 0.3 is 5.97 Å². The summed E-state index contributed by atoms with van der Waals surface area (Å²) in [7, 11) is -4.58.